The van der Waals surface area contributed by atoms with Crippen LogP contribution < -0.4 is 0 Å². The van der Waals surface area contributed by atoms with Gasteiger partial charge in [0.25, 0.3) is 0 Å². The van der Waals surface area contributed by atoms with Gasteiger partial charge >= 0.3 is 12.3 Å². The largest absolute Gasteiger partial charge is 0.478 e. The highest BCUT2D eigenvalue weighted by atomic mass is 16.7. The van der Waals surface area contributed by atoms with Gasteiger partial charge in [-0.15, -0.1) is 0 Å². The van der Waals surface area contributed by atoms with Gasteiger partial charge in [-0.1, -0.05) is 0 Å². The van der Waals surface area contributed by atoms with Crippen molar-refractivity contribution in [1.82, 2.24) is 0 Å². The van der Waals surface area contributed by atoms with Crippen LogP contribution in [0.1, 0.15) is 0 Å². The predicted octanol–water partition coefficient (Wildman–Crippen LogP) is -2.53. The molecule has 2 N–H and O–H groups in total. The van der Waals surface area contributed by atoms with Crippen molar-refractivity contribution >= 4 is 0 Å². The molecule has 0 aliphatic rings. The van der Waals surface area contributed by atoms with Gasteiger partial charge in [0.1, 0.15) is 0 Å². The summed E-state index contributed by atoms with van der Waals surface area (Å²) in [6, 6.07) is 0. The van der Waals surface area contributed by atoms with Crippen LogP contribution in [-0.4, -0.2) is 54.4 Å². The lowest BCUT2D eigenvalue weighted by Crippen LogP contribution is -2.55. The molecule has 0 saturated carbocycles. The molecule has 0 aromatic rings. The maximum absolute atomic E-state index is 10.2. The van der Waals surface area contributed by atoms with E-state index in [2.05, 4.69) is 0 Å². The molecule has 0 spiro atoms. The highest BCUT2D eigenvalue weighted by Crippen LogP contribution is 2.11. The van der Waals surface area contributed by atoms with Crippen molar-refractivity contribution in [2.24, 2.45) is 0 Å². The van der Waals surface area contributed by atoms with Gasteiger partial charge in [-0.05, 0) is 0 Å². The Morgan fingerprint density at radius 1 is 0.611 bits per heavy atom. The van der Waals surface area contributed by atoms with E-state index >= 15 is 0 Å². The van der Waals surface area contributed by atoms with Gasteiger partial charge in [0.05, 0.1) is 19.7 Å². The number of nitrogens with zero attached hydrogens (tertiary/aromatic N) is 4. The standard InChI is InChI=1S/C4H6N4O10/c9-1(3(5(11)12)6(13)14)2(10)4(7(15)16)8(17)18/h1-4,9-10H. The average molecular weight is 270 g/mol. The van der Waals surface area contributed by atoms with E-state index < -0.39 is 44.2 Å². The molecule has 14 nitrogen and oxygen atoms in total. The van der Waals surface area contributed by atoms with Crippen molar-refractivity contribution in [3.63, 3.8) is 0 Å². The second kappa shape index (κ2) is 5.73. The van der Waals surface area contributed by atoms with Crippen LogP contribution in [0.3, 0.4) is 0 Å². The number of hydrogen-bond donors (Lipinski definition) is 2. The molecule has 2 unspecified atom stereocenters. The molecule has 18 heavy (non-hydrogen) atoms. The maximum Gasteiger partial charge on any atom is 0.478 e. The number of rotatable bonds is 7. The van der Waals surface area contributed by atoms with Crippen molar-refractivity contribution in [3.05, 3.63) is 40.5 Å². The first-order valence-electron chi connectivity index (χ1n) is 4.01. The lowest BCUT2D eigenvalue weighted by Gasteiger charge is -2.14. The van der Waals surface area contributed by atoms with Crippen molar-refractivity contribution in [2.45, 2.75) is 24.5 Å². The zero-order chi connectivity index (χ0) is 14.6. The van der Waals surface area contributed by atoms with Crippen LogP contribution in [0.5, 0.6) is 0 Å². The molecule has 14 heteroatoms. The van der Waals surface area contributed by atoms with E-state index in [-0.39, 0.29) is 0 Å². The highest BCUT2D eigenvalue weighted by molar-refractivity contribution is 4.72. The second-order valence-corrected chi connectivity index (χ2v) is 2.95. The molecule has 0 aliphatic heterocycles. The molecule has 102 valence electrons. The zero-order valence-electron chi connectivity index (χ0n) is 8.26. The third-order valence-electron chi connectivity index (χ3n) is 1.82. The lowest BCUT2D eigenvalue weighted by atomic mass is 10.1. The SMILES string of the molecule is O=[N+]([O-])C(C(O)C(O)C([N+](=O)[O-])[N+](=O)[O-])[N+](=O)[O-]. The van der Waals surface area contributed by atoms with Gasteiger partial charge in [-0.3, -0.25) is 40.5 Å². The fraction of sp³-hybridized carbons (Fsp3) is 1.00. The third kappa shape index (κ3) is 3.25. The number of aliphatic hydroxyl groups is 2. The van der Waals surface area contributed by atoms with Gasteiger partial charge < -0.3 is 10.2 Å². The van der Waals surface area contributed by atoms with Crippen molar-refractivity contribution < 1.29 is 29.9 Å². The fourth-order valence-corrected chi connectivity index (χ4v) is 1.01. The summed E-state index contributed by atoms with van der Waals surface area (Å²) < 4.78 is 0. The van der Waals surface area contributed by atoms with Gasteiger partial charge in [-0.2, -0.15) is 0 Å². The predicted molar refractivity (Wildman–Crippen MR) is 47.6 cm³/mol. The summed E-state index contributed by atoms with van der Waals surface area (Å²) in [5, 5.41) is 58.9. The first-order valence-corrected chi connectivity index (χ1v) is 4.01. The van der Waals surface area contributed by atoms with E-state index in [9.17, 15) is 40.5 Å². The van der Waals surface area contributed by atoms with Gasteiger partial charge in [0.2, 0.25) is 12.2 Å². The molecule has 0 amide bonds. The molecular formula is C4H6N4O10. The summed E-state index contributed by atoms with van der Waals surface area (Å²) in [5.74, 6) is 0. The van der Waals surface area contributed by atoms with Crippen LogP contribution in [-0.2, 0) is 0 Å². The van der Waals surface area contributed by atoms with E-state index in [4.69, 9.17) is 10.2 Å². The van der Waals surface area contributed by atoms with Crippen molar-refractivity contribution in [3.8, 4) is 0 Å². The van der Waals surface area contributed by atoms with E-state index in [0.717, 1.165) is 0 Å². The Morgan fingerprint density at radius 2 is 0.778 bits per heavy atom. The highest BCUT2D eigenvalue weighted by Gasteiger charge is 2.56. The monoisotopic (exact) mass is 270 g/mol. The minimum absolute atomic E-state index is 1.63. The van der Waals surface area contributed by atoms with Crippen molar-refractivity contribution in [2.75, 3.05) is 0 Å². The van der Waals surface area contributed by atoms with E-state index in [1.807, 2.05) is 0 Å². The lowest BCUT2D eigenvalue weighted by molar-refractivity contribution is -0.774. The van der Waals surface area contributed by atoms with Crippen molar-refractivity contribution in [1.29, 1.82) is 0 Å². The molecular weight excluding hydrogens is 264 g/mol. The third-order valence-corrected chi connectivity index (χ3v) is 1.82. The molecule has 0 rings (SSSR count). The molecule has 2 atom stereocenters. The number of nitro groups is 4. The van der Waals surface area contributed by atoms with Crippen LogP contribution in [0.4, 0.5) is 0 Å². The van der Waals surface area contributed by atoms with Gasteiger partial charge in [0.15, 0.2) is 0 Å². The van der Waals surface area contributed by atoms with Gasteiger partial charge in [0, 0.05) is 0 Å². The van der Waals surface area contributed by atoms with Crippen LogP contribution in [0, 0.1) is 40.5 Å². The minimum atomic E-state index is -3.01. The summed E-state index contributed by atoms with van der Waals surface area (Å²) in [4.78, 5) is 34.3. The number of aliphatic hydroxyl groups excluding tert-OH is 2. The Morgan fingerprint density at radius 3 is 0.889 bits per heavy atom. The second-order valence-electron chi connectivity index (χ2n) is 2.95. The van der Waals surface area contributed by atoms with E-state index in [1.165, 1.54) is 0 Å². The van der Waals surface area contributed by atoms with Crippen LogP contribution >= 0.6 is 0 Å². The molecule has 0 aliphatic carbocycles. The topological polar surface area (TPSA) is 213 Å². The summed E-state index contributed by atoms with van der Waals surface area (Å²) >= 11 is 0. The molecule has 0 saturated heterocycles. The molecule has 0 fully saturated rings. The first kappa shape index (κ1) is 15.5. The Labute approximate surface area is 96.0 Å². The summed E-state index contributed by atoms with van der Waals surface area (Å²) in [6.45, 7) is 0. The van der Waals surface area contributed by atoms with Gasteiger partial charge in [-0.25, -0.2) is 0 Å². The fourth-order valence-electron chi connectivity index (χ4n) is 1.01. The smallest absolute Gasteiger partial charge is 0.377 e. The summed E-state index contributed by atoms with van der Waals surface area (Å²) in [7, 11) is 0. The molecule has 0 bridgehead atoms. The minimum Gasteiger partial charge on any atom is -0.377 e. The molecule has 0 radical (unpaired) electrons. The Balaban J connectivity index is 5.22. The molecule has 0 aromatic carbocycles. The van der Waals surface area contributed by atoms with E-state index in [0.29, 0.717) is 0 Å². The Bertz CT molecular complexity index is 318. The van der Waals surface area contributed by atoms with E-state index in [1.54, 1.807) is 0 Å². The molecule has 0 aromatic heterocycles. The summed E-state index contributed by atoms with van der Waals surface area (Å²) in [6.07, 6.45) is -11.8. The molecule has 0 heterocycles. The van der Waals surface area contributed by atoms with Crippen LogP contribution in [0.25, 0.3) is 0 Å². The first-order chi connectivity index (χ1) is 8.11. The quantitative estimate of drug-likeness (QED) is 0.280. The van der Waals surface area contributed by atoms with Crippen LogP contribution in [0.15, 0.2) is 0 Å². The maximum atomic E-state index is 10.2. The number of hydrogen-bond acceptors (Lipinski definition) is 10. The normalized spacial score (nSPS) is 14.2. The Kier molecular flexibility index (Phi) is 4.94. The average Bonchev–Trinajstić information content (AvgIpc) is 2.14. The summed E-state index contributed by atoms with van der Waals surface area (Å²) in [5.41, 5.74) is 0. The van der Waals surface area contributed by atoms with Crippen LogP contribution in [0.2, 0.25) is 0 Å². The zero-order valence-corrected chi connectivity index (χ0v) is 8.26. The Hall–Kier alpha value is -2.48.